The smallest absolute Gasteiger partial charge is 0.293 e. The number of ether oxygens (including phenoxy) is 2. The molecule has 1 fully saturated rings. The Labute approximate surface area is 215 Å². The first-order valence-electron chi connectivity index (χ1n) is 10.4. The van der Waals surface area contributed by atoms with Gasteiger partial charge in [0, 0.05) is 9.50 Å². The van der Waals surface area contributed by atoms with E-state index in [1.54, 1.807) is 25.3 Å². The van der Waals surface area contributed by atoms with Crippen molar-refractivity contribution in [2.24, 2.45) is 0 Å². The zero-order valence-electron chi connectivity index (χ0n) is 18.5. The summed E-state index contributed by atoms with van der Waals surface area (Å²) in [4.78, 5) is 27.1. The minimum atomic E-state index is -0.315. The van der Waals surface area contributed by atoms with E-state index in [2.05, 4.69) is 15.9 Å². The number of methoxy groups -OCH3 is 1. The molecule has 0 aliphatic carbocycles. The SMILES string of the molecule is COc1cc(/C=C2\SC(=O)N(Cc3ccc(C)cc3)C2=O)c(Br)cc1OCc1ccc(Cl)cc1. The molecule has 1 aliphatic heterocycles. The lowest BCUT2D eigenvalue weighted by Gasteiger charge is -2.14. The minimum absolute atomic E-state index is 0.240. The molecule has 3 aromatic carbocycles. The van der Waals surface area contributed by atoms with Crippen LogP contribution in [-0.4, -0.2) is 23.2 Å². The van der Waals surface area contributed by atoms with E-state index in [4.69, 9.17) is 21.1 Å². The first-order chi connectivity index (χ1) is 16.3. The van der Waals surface area contributed by atoms with Gasteiger partial charge in [0.2, 0.25) is 0 Å². The lowest BCUT2D eigenvalue weighted by molar-refractivity contribution is -0.123. The number of hydrogen-bond donors (Lipinski definition) is 0. The normalized spacial score (nSPS) is 14.7. The second-order valence-electron chi connectivity index (χ2n) is 7.69. The number of amides is 2. The second kappa shape index (κ2) is 10.7. The van der Waals surface area contributed by atoms with Crippen LogP contribution in [0.15, 0.2) is 70.0 Å². The molecule has 174 valence electrons. The van der Waals surface area contributed by atoms with Crippen LogP contribution >= 0.6 is 39.3 Å². The van der Waals surface area contributed by atoms with Crippen molar-refractivity contribution in [3.8, 4) is 11.5 Å². The molecule has 0 saturated carbocycles. The van der Waals surface area contributed by atoms with Gasteiger partial charge in [-0.05, 0) is 65.7 Å². The molecular weight excluding hydrogens is 538 g/mol. The summed E-state index contributed by atoms with van der Waals surface area (Å²) in [5, 5.41) is 0.375. The Morgan fingerprint density at radius 1 is 1.00 bits per heavy atom. The average Bonchev–Trinajstić information content (AvgIpc) is 3.08. The number of aryl methyl sites for hydroxylation is 1. The summed E-state index contributed by atoms with van der Waals surface area (Å²) in [5.74, 6) is 0.751. The number of carbonyl (C=O) groups is 2. The summed E-state index contributed by atoms with van der Waals surface area (Å²) in [6.45, 7) is 2.58. The van der Waals surface area contributed by atoms with E-state index in [-0.39, 0.29) is 17.7 Å². The summed E-state index contributed by atoms with van der Waals surface area (Å²) in [6, 6.07) is 18.7. The molecule has 1 aliphatic rings. The summed E-state index contributed by atoms with van der Waals surface area (Å²) in [5.41, 5.74) is 3.70. The molecule has 0 spiro atoms. The van der Waals surface area contributed by atoms with Crippen molar-refractivity contribution < 1.29 is 19.1 Å². The minimum Gasteiger partial charge on any atom is -0.493 e. The largest absolute Gasteiger partial charge is 0.493 e. The molecule has 8 heteroatoms. The zero-order valence-corrected chi connectivity index (χ0v) is 21.7. The molecule has 0 N–H and O–H groups in total. The van der Waals surface area contributed by atoms with Crippen molar-refractivity contribution in [2.45, 2.75) is 20.1 Å². The number of halogens is 2. The van der Waals surface area contributed by atoms with Gasteiger partial charge in [0.25, 0.3) is 11.1 Å². The van der Waals surface area contributed by atoms with Crippen LogP contribution in [-0.2, 0) is 17.9 Å². The quantitative estimate of drug-likeness (QED) is 0.286. The topological polar surface area (TPSA) is 55.8 Å². The maximum Gasteiger partial charge on any atom is 0.293 e. The number of imide groups is 1. The fourth-order valence-electron chi connectivity index (χ4n) is 3.33. The van der Waals surface area contributed by atoms with Crippen LogP contribution in [0.1, 0.15) is 22.3 Å². The van der Waals surface area contributed by atoms with Crippen molar-refractivity contribution in [1.29, 1.82) is 0 Å². The van der Waals surface area contributed by atoms with Gasteiger partial charge in [-0.25, -0.2) is 0 Å². The molecule has 0 unspecified atom stereocenters. The van der Waals surface area contributed by atoms with Gasteiger partial charge in [0.15, 0.2) is 11.5 Å². The number of rotatable bonds is 7. The van der Waals surface area contributed by atoms with Gasteiger partial charge in [0.05, 0.1) is 18.6 Å². The van der Waals surface area contributed by atoms with Crippen LogP contribution in [0.25, 0.3) is 6.08 Å². The Morgan fingerprint density at radius 2 is 1.68 bits per heavy atom. The highest BCUT2D eigenvalue weighted by Crippen LogP contribution is 2.38. The van der Waals surface area contributed by atoms with E-state index in [1.165, 1.54) is 4.90 Å². The van der Waals surface area contributed by atoms with E-state index in [9.17, 15) is 9.59 Å². The molecule has 0 atom stereocenters. The number of thioether (sulfide) groups is 1. The van der Waals surface area contributed by atoms with Crippen LogP contribution in [0.4, 0.5) is 4.79 Å². The van der Waals surface area contributed by atoms with Crippen molar-refractivity contribution in [1.82, 2.24) is 4.90 Å². The lowest BCUT2D eigenvalue weighted by Crippen LogP contribution is -2.27. The fraction of sp³-hybridized carbons (Fsp3) is 0.154. The first-order valence-corrected chi connectivity index (χ1v) is 12.4. The molecule has 3 aromatic rings. The summed E-state index contributed by atoms with van der Waals surface area (Å²) in [7, 11) is 1.55. The predicted octanol–water partition coefficient (Wildman–Crippen LogP) is 7.24. The highest BCUT2D eigenvalue weighted by molar-refractivity contribution is 9.10. The van der Waals surface area contributed by atoms with Crippen LogP contribution in [0, 0.1) is 6.92 Å². The van der Waals surface area contributed by atoms with Gasteiger partial charge in [-0.1, -0.05) is 69.5 Å². The Morgan fingerprint density at radius 3 is 2.35 bits per heavy atom. The van der Waals surface area contributed by atoms with Crippen molar-refractivity contribution in [2.75, 3.05) is 7.11 Å². The molecule has 5 nitrogen and oxygen atoms in total. The molecule has 1 saturated heterocycles. The van der Waals surface area contributed by atoms with E-state index in [1.807, 2.05) is 55.5 Å². The van der Waals surface area contributed by atoms with Crippen LogP contribution < -0.4 is 9.47 Å². The number of nitrogens with zero attached hydrogens (tertiary/aromatic N) is 1. The lowest BCUT2D eigenvalue weighted by atomic mass is 10.1. The Kier molecular flexibility index (Phi) is 7.66. The van der Waals surface area contributed by atoms with Gasteiger partial charge in [-0.2, -0.15) is 0 Å². The van der Waals surface area contributed by atoms with Gasteiger partial charge in [0.1, 0.15) is 6.61 Å². The molecule has 2 amide bonds. The third-order valence-corrected chi connectivity index (χ3v) is 7.06. The Hall–Kier alpha value is -2.74. The Bertz CT molecular complexity index is 1260. The van der Waals surface area contributed by atoms with Gasteiger partial charge in [-0.3, -0.25) is 14.5 Å². The highest BCUT2D eigenvalue weighted by Gasteiger charge is 2.35. The van der Waals surface area contributed by atoms with E-state index >= 15 is 0 Å². The van der Waals surface area contributed by atoms with Crippen LogP contribution in [0.3, 0.4) is 0 Å². The maximum atomic E-state index is 12.9. The average molecular weight is 559 g/mol. The van der Waals surface area contributed by atoms with Gasteiger partial charge >= 0.3 is 0 Å². The van der Waals surface area contributed by atoms with Crippen molar-refractivity contribution in [3.63, 3.8) is 0 Å². The highest BCUT2D eigenvalue weighted by atomic mass is 79.9. The molecule has 0 bridgehead atoms. The first kappa shape index (κ1) is 24.4. The van der Waals surface area contributed by atoms with Crippen LogP contribution in [0.2, 0.25) is 5.02 Å². The van der Waals surface area contributed by atoms with E-state index < -0.39 is 0 Å². The Balaban J connectivity index is 1.52. The molecule has 0 aromatic heterocycles. The molecule has 34 heavy (non-hydrogen) atoms. The summed E-state index contributed by atoms with van der Waals surface area (Å²) in [6.07, 6.45) is 1.69. The van der Waals surface area contributed by atoms with Gasteiger partial charge in [-0.15, -0.1) is 0 Å². The molecule has 4 rings (SSSR count). The number of carbonyl (C=O) groups excluding carboxylic acids is 2. The zero-order chi connectivity index (χ0) is 24.2. The van der Waals surface area contributed by atoms with Crippen molar-refractivity contribution >= 4 is 56.5 Å². The number of benzene rings is 3. The molecular formula is C26H21BrClNO4S. The number of hydrogen-bond acceptors (Lipinski definition) is 5. The monoisotopic (exact) mass is 557 g/mol. The third kappa shape index (κ3) is 5.66. The molecule has 0 radical (unpaired) electrons. The summed E-state index contributed by atoms with van der Waals surface area (Å²) >= 11 is 10.4. The van der Waals surface area contributed by atoms with E-state index in [0.29, 0.717) is 38.1 Å². The van der Waals surface area contributed by atoms with Crippen molar-refractivity contribution in [3.05, 3.63) is 97.3 Å². The standard InChI is InChI=1S/C26H21BrClNO4S/c1-16-3-5-17(6-4-16)14-29-25(30)24(34-26(29)31)12-19-11-22(32-2)23(13-21(19)27)33-15-18-7-9-20(28)10-8-18/h3-13H,14-15H2,1-2H3/b24-12-. The molecule has 1 heterocycles. The maximum absolute atomic E-state index is 12.9. The van der Waals surface area contributed by atoms with Gasteiger partial charge < -0.3 is 9.47 Å². The predicted molar refractivity (Wildman–Crippen MR) is 139 cm³/mol. The second-order valence-corrected chi connectivity index (χ2v) is 9.98. The van der Waals surface area contributed by atoms with Crippen LogP contribution in [0.5, 0.6) is 11.5 Å². The van der Waals surface area contributed by atoms with E-state index in [0.717, 1.165) is 28.5 Å². The summed E-state index contributed by atoms with van der Waals surface area (Å²) < 4.78 is 12.2. The fourth-order valence-corrected chi connectivity index (χ4v) is 4.72. The third-order valence-electron chi connectivity index (χ3n) is 5.21.